The molecule has 2 atom stereocenters. The molecule has 1 heterocycles. The van der Waals surface area contributed by atoms with Gasteiger partial charge >= 0.3 is 0 Å². The lowest BCUT2D eigenvalue weighted by Gasteiger charge is -2.52. The van der Waals surface area contributed by atoms with Crippen molar-refractivity contribution in [3.8, 4) is 0 Å². The van der Waals surface area contributed by atoms with Crippen molar-refractivity contribution in [2.75, 3.05) is 20.8 Å². The van der Waals surface area contributed by atoms with Crippen LogP contribution in [-0.2, 0) is 9.47 Å². The molecule has 0 aromatic carbocycles. The Bertz CT molecular complexity index is 321. The molecule has 1 aliphatic heterocycles. The van der Waals surface area contributed by atoms with Crippen LogP contribution in [0, 0.1) is 5.92 Å². The van der Waals surface area contributed by atoms with E-state index in [0.717, 1.165) is 6.61 Å². The molecule has 2 aliphatic carbocycles. The van der Waals surface area contributed by atoms with Gasteiger partial charge in [-0.05, 0) is 57.9 Å². The molecule has 0 amide bonds. The third-order valence-corrected chi connectivity index (χ3v) is 6.25. The Hall–Kier alpha value is -0.120. The first-order valence-corrected chi connectivity index (χ1v) is 8.60. The second-order valence-corrected chi connectivity index (χ2v) is 7.23. The van der Waals surface area contributed by atoms with E-state index in [1.807, 2.05) is 7.11 Å². The van der Waals surface area contributed by atoms with Crippen molar-refractivity contribution >= 4 is 0 Å². The minimum absolute atomic E-state index is 0.0694. The highest BCUT2D eigenvalue weighted by molar-refractivity contribution is 5.03. The number of rotatable bonds is 4. The van der Waals surface area contributed by atoms with E-state index in [9.17, 15) is 0 Å². The summed E-state index contributed by atoms with van der Waals surface area (Å²) in [5, 5.41) is 3.64. The summed E-state index contributed by atoms with van der Waals surface area (Å²) in [7, 11) is 4.05. The fraction of sp³-hybridized carbons (Fsp3) is 1.00. The van der Waals surface area contributed by atoms with Gasteiger partial charge in [-0.3, -0.25) is 0 Å². The molecule has 0 bridgehead atoms. The largest absolute Gasteiger partial charge is 0.377 e. The summed E-state index contributed by atoms with van der Waals surface area (Å²) < 4.78 is 12.2. The van der Waals surface area contributed by atoms with Crippen LogP contribution in [0.25, 0.3) is 0 Å². The van der Waals surface area contributed by atoms with Crippen LogP contribution >= 0.6 is 0 Å². The lowest BCUT2D eigenvalue weighted by molar-refractivity contribution is -0.164. The van der Waals surface area contributed by atoms with E-state index in [1.165, 1.54) is 64.2 Å². The van der Waals surface area contributed by atoms with Gasteiger partial charge < -0.3 is 14.8 Å². The second kappa shape index (κ2) is 5.94. The molecule has 0 aromatic rings. The number of methoxy groups -OCH3 is 1. The Morgan fingerprint density at radius 3 is 2.40 bits per heavy atom. The van der Waals surface area contributed by atoms with Crippen LogP contribution in [0.5, 0.6) is 0 Å². The van der Waals surface area contributed by atoms with E-state index in [-0.39, 0.29) is 11.2 Å². The van der Waals surface area contributed by atoms with Gasteiger partial charge in [0.25, 0.3) is 0 Å². The van der Waals surface area contributed by atoms with E-state index in [0.29, 0.717) is 12.0 Å². The van der Waals surface area contributed by atoms with Gasteiger partial charge in [-0.2, -0.15) is 0 Å². The summed E-state index contributed by atoms with van der Waals surface area (Å²) in [5.41, 5.74) is 0.307. The average Bonchev–Trinajstić information content (AvgIpc) is 2.48. The Labute approximate surface area is 123 Å². The molecule has 3 rings (SSSR count). The number of hydrogen-bond acceptors (Lipinski definition) is 3. The maximum absolute atomic E-state index is 6.11. The van der Waals surface area contributed by atoms with Gasteiger partial charge in [0.05, 0.1) is 11.2 Å². The molecule has 0 radical (unpaired) electrons. The van der Waals surface area contributed by atoms with Crippen LogP contribution < -0.4 is 5.32 Å². The molecule has 2 unspecified atom stereocenters. The Kier molecular flexibility index (Phi) is 4.40. The average molecular weight is 281 g/mol. The van der Waals surface area contributed by atoms with Crippen molar-refractivity contribution in [2.24, 2.45) is 5.92 Å². The zero-order valence-electron chi connectivity index (χ0n) is 13.2. The Balaban J connectivity index is 1.74. The monoisotopic (exact) mass is 281 g/mol. The number of likely N-dealkylation sites (N-methyl/N-ethyl adjacent to an activating group) is 1. The van der Waals surface area contributed by atoms with Crippen LogP contribution in [0.1, 0.15) is 64.2 Å². The summed E-state index contributed by atoms with van der Waals surface area (Å²) in [4.78, 5) is 0. The minimum atomic E-state index is 0.0694. The molecule has 1 N–H and O–H groups in total. The van der Waals surface area contributed by atoms with Gasteiger partial charge in [0.1, 0.15) is 0 Å². The first-order valence-electron chi connectivity index (χ1n) is 8.60. The van der Waals surface area contributed by atoms with Crippen molar-refractivity contribution in [3.05, 3.63) is 0 Å². The number of hydrogen-bond donors (Lipinski definition) is 1. The van der Waals surface area contributed by atoms with Gasteiger partial charge in [0, 0.05) is 19.8 Å². The van der Waals surface area contributed by atoms with Crippen LogP contribution in [0.4, 0.5) is 0 Å². The summed E-state index contributed by atoms with van der Waals surface area (Å²) in [5.74, 6) is 0.715. The fourth-order valence-corrected chi connectivity index (χ4v) is 4.99. The predicted molar refractivity (Wildman–Crippen MR) is 80.9 cm³/mol. The molecule has 0 aromatic heterocycles. The minimum Gasteiger partial charge on any atom is -0.377 e. The third kappa shape index (κ3) is 2.53. The third-order valence-electron chi connectivity index (χ3n) is 6.25. The zero-order chi connectivity index (χ0) is 14.1. The Morgan fingerprint density at radius 2 is 1.85 bits per heavy atom. The van der Waals surface area contributed by atoms with Gasteiger partial charge in [-0.15, -0.1) is 0 Å². The van der Waals surface area contributed by atoms with Gasteiger partial charge in [-0.25, -0.2) is 0 Å². The molecule has 116 valence electrons. The lowest BCUT2D eigenvalue weighted by Crippen LogP contribution is -2.59. The second-order valence-electron chi connectivity index (χ2n) is 7.23. The van der Waals surface area contributed by atoms with E-state index in [4.69, 9.17) is 9.47 Å². The van der Waals surface area contributed by atoms with Crippen molar-refractivity contribution in [3.63, 3.8) is 0 Å². The molecular formula is C17H31NO2. The standard InChI is InChI=1S/C17H31NO2/c1-18-15(17(19-2)10-4-3-5-11-17)14-7-12-20-16(13-14)8-6-9-16/h14-15,18H,3-13H2,1-2H3. The molecule has 3 heteroatoms. The molecule has 3 aliphatic rings. The van der Waals surface area contributed by atoms with Crippen molar-refractivity contribution in [1.29, 1.82) is 0 Å². The molecule has 3 nitrogen and oxygen atoms in total. The molecule has 1 spiro atoms. The highest BCUT2D eigenvalue weighted by atomic mass is 16.5. The lowest BCUT2D eigenvalue weighted by atomic mass is 9.66. The molecule has 20 heavy (non-hydrogen) atoms. The molecule has 1 saturated heterocycles. The van der Waals surface area contributed by atoms with Crippen LogP contribution in [0.2, 0.25) is 0 Å². The number of ether oxygens (including phenoxy) is 2. The first-order chi connectivity index (χ1) is 9.74. The quantitative estimate of drug-likeness (QED) is 0.858. The molecule has 2 saturated carbocycles. The summed E-state index contributed by atoms with van der Waals surface area (Å²) >= 11 is 0. The van der Waals surface area contributed by atoms with E-state index >= 15 is 0 Å². The van der Waals surface area contributed by atoms with Crippen LogP contribution in [0.3, 0.4) is 0 Å². The van der Waals surface area contributed by atoms with E-state index in [1.54, 1.807) is 0 Å². The zero-order valence-corrected chi connectivity index (χ0v) is 13.2. The maximum atomic E-state index is 6.11. The summed E-state index contributed by atoms with van der Waals surface area (Å²) in [6, 6.07) is 0.495. The van der Waals surface area contributed by atoms with Gasteiger partial charge in [0.2, 0.25) is 0 Å². The molecule has 3 fully saturated rings. The summed E-state index contributed by atoms with van der Waals surface area (Å²) in [6.45, 7) is 0.947. The van der Waals surface area contributed by atoms with E-state index in [2.05, 4.69) is 12.4 Å². The normalized spacial score (nSPS) is 33.6. The van der Waals surface area contributed by atoms with Gasteiger partial charge in [-0.1, -0.05) is 19.3 Å². The SMILES string of the molecule is CNC(C1CCOC2(CCC2)C1)C1(OC)CCCCC1. The van der Waals surface area contributed by atoms with Crippen LogP contribution in [-0.4, -0.2) is 38.0 Å². The highest BCUT2D eigenvalue weighted by Gasteiger charge is 2.49. The maximum Gasteiger partial charge on any atom is 0.0833 e. The highest BCUT2D eigenvalue weighted by Crippen LogP contribution is 2.47. The van der Waals surface area contributed by atoms with Crippen molar-refractivity contribution in [1.82, 2.24) is 5.32 Å². The predicted octanol–water partition coefficient (Wildman–Crippen LogP) is 3.27. The number of nitrogens with one attached hydrogen (secondary N) is 1. The van der Waals surface area contributed by atoms with Gasteiger partial charge in [0.15, 0.2) is 0 Å². The summed E-state index contributed by atoms with van der Waals surface area (Å²) in [6.07, 6.45) is 12.8. The van der Waals surface area contributed by atoms with Crippen molar-refractivity contribution in [2.45, 2.75) is 81.5 Å². The first kappa shape index (κ1) is 14.8. The fourth-order valence-electron chi connectivity index (χ4n) is 4.99. The molecular weight excluding hydrogens is 250 g/mol. The van der Waals surface area contributed by atoms with Crippen LogP contribution in [0.15, 0.2) is 0 Å². The van der Waals surface area contributed by atoms with Crippen molar-refractivity contribution < 1.29 is 9.47 Å². The Morgan fingerprint density at radius 1 is 1.10 bits per heavy atom. The van der Waals surface area contributed by atoms with E-state index < -0.39 is 0 Å². The topological polar surface area (TPSA) is 30.5 Å². The smallest absolute Gasteiger partial charge is 0.0833 e.